The summed E-state index contributed by atoms with van der Waals surface area (Å²) in [7, 11) is 1.92. The lowest BCUT2D eigenvalue weighted by Gasteiger charge is -2.06. The molecule has 0 amide bonds. The first-order valence-electron chi connectivity index (χ1n) is 8.42. The molecule has 3 rings (SSSR count). The largest absolute Gasteiger partial charge is 0.416 e. The van der Waals surface area contributed by atoms with Crippen molar-refractivity contribution in [1.29, 1.82) is 0 Å². The van der Waals surface area contributed by atoms with E-state index < -0.39 is 11.7 Å². The van der Waals surface area contributed by atoms with Crippen LogP contribution in [0.2, 0.25) is 0 Å². The monoisotopic (exact) mass is 407 g/mol. The number of aldehydes is 1. The summed E-state index contributed by atoms with van der Waals surface area (Å²) < 4.78 is 37.0. The van der Waals surface area contributed by atoms with Crippen LogP contribution in [0.15, 0.2) is 60.0 Å². The fraction of sp³-hybridized carbons (Fsp3) is 0.190. The Kier molecular flexibility index (Phi) is 7.92. The number of rotatable bonds is 5. The summed E-state index contributed by atoms with van der Waals surface area (Å²) in [6.07, 6.45) is -3.60. The molecule has 0 unspecified atom stereocenters. The summed E-state index contributed by atoms with van der Waals surface area (Å²) >= 11 is 1.26. The van der Waals surface area contributed by atoms with E-state index in [2.05, 4.69) is 5.32 Å². The van der Waals surface area contributed by atoms with Crippen molar-refractivity contribution in [2.75, 3.05) is 7.05 Å². The molecule has 3 nitrogen and oxygen atoms in total. The van der Waals surface area contributed by atoms with Crippen LogP contribution in [0.4, 0.5) is 13.2 Å². The van der Waals surface area contributed by atoms with Crippen LogP contribution in [0, 0.1) is 0 Å². The number of carbonyl (C=O) groups excluding carboxylic acids is 1. The fourth-order valence-electron chi connectivity index (χ4n) is 2.38. The Morgan fingerprint density at radius 2 is 1.61 bits per heavy atom. The Hall–Kier alpha value is -2.48. The maximum Gasteiger partial charge on any atom is 0.416 e. The predicted octanol–water partition coefficient (Wildman–Crippen LogP) is 5.14. The lowest BCUT2D eigenvalue weighted by Crippen LogP contribution is -2.04. The number of aliphatic hydroxyl groups is 1. The van der Waals surface area contributed by atoms with Crippen molar-refractivity contribution >= 4 is 17.6 Å². The predicted molar refractivity (Wildman–Crippen MR) is 105 cm³/mol. The van der Waals surface area contributed by atoms with Gasteiger partial charge in [-0.15, -0.1) is 11.3 Å². The van der Waals surface area contributed by atoms with E-state index in [0.717, 1.165) is 36.1 Å². The number of thiophene rings is 1. The van der Waals surface area contributed by atoms with Crippen LogP contribution in [0.5, 0.6) is 0 Å². The first-order chi connectivity index (χ1) is 13.4. The Balaban J connectivity index is 0.000000221. The topological polar surface area (TPSA) is 49.3 Å². The molecule has 0 bridgehead atoms. The Morgan fingerprint density at radius 1 is 1.00 bits per heavy atom. The number of aliphatic hydroxyl groups excluding tert-OH is 1. The average molecular weight is 407 g/mol. The first-order valence-corrected chi connectivity index (χ1v) is 9.30. The van der Waals surface area contributed by atoms with Crippen LogP contribution in [-0.2, 0) is 19.3 Å². The average Bonchev–Trinajstić information content (AvgIpc) is 3.18. The third-order valence-electron chi connectivity index (χ3n) is 3.87. The highest BCUT2D eigenvalue weighted by Crippen LogP contribution is 2.31. The summed E-state index contributed by atoms with van der Waals surface area (Å²) in [6, 6.07) is 14.4. The molecule has 148 valence electrons. The number of nitrogens with one attached hydrogen (secondary N) is 1. The zero-order chi connectivity index (χ0) is 20.6. The van der Waals surface area contributed by atoms with Crippen molar-refractivity contribution in [2.45, 2.75) is 19.3 Å². The number of hydrogen-bond donors (Lipinski definition) is 2. The molecule has 0 saturated heterocycles. The molecule has 2 N–H and O–H groups in total. The second kappa shape index (κ2) is 10.2. The third kappa shape index (κ3) is 6.30. The molecular weight excluding hydrogens is 387 g/mol. The number of halogens is 3. The van der Waals surface area contributed by atoms with Crippen LogP contribution < -0.4 is 5.32 Å². The maximum atomic E-state index is 12.3. The lowest BCUT2D eigenvalue weighted by molar-refractivity contribution is -0.137. The molecular formula is C21H20F3NO2S. The van der Waals surface area contributed by atoms with Gasteiger partial charge in [0.05, 0.1) is 17.0 Å². The second-order valence-corrected chi connectivity index (χ2v) is 6.88. The quantitative estimate of drug-likeness (QED) is 0.576. The van der Waals surface area contributed by atoms with Gasteiger partial charge in [0.15, 0.2) is 6.29 Å². The van der Waals surface area contributed by atoms with Crippen LogP contribution in [0.25, 0.3) is 11.1 Å². The zero-order valence-electron chi connectivity index (χ0n) is 15.2. The Morgan fingerprint density at radius 3 is 2.07 bits per heavy atom. The van der Waals surface area contributed by atoms with Crippen LogP contribution in [-0.4, -0.2) is 18.4 Å². The maximum absolute atomic E-state index is 12.3. The molecule has 0 fully saturated rings. The molecule has 0 saturated carbocycles. The van der Waals surface area contributed by atoms with Gasteiger partial charge in [-0.05, 0) is 52.9 Å². The van der Waals surface area contributed by atoms with Crippen LogP contribution >= 0.6 is 11.3 Å². The van der Waals surface area contributed by atoms with Gasteiger partial charge >= 0.3 is 6.18 Å². The summed E-state index contributed by atoms with van der Waals surface area (Å²) in [5.41, 5.74) is 2.95. The van der Waals surface area contributed by atoms with E-state index in [4.69, 9.17) is 5.11 Å². The van der Waals surface area contributed by atoms with Crippen molar-refractivity contribution in [3.05, 3.63) is 81.5 Å². The van der Waals surface area contributed by atoms with Crippen LogP contribution in [0.1, 0.15) is 26.4 Å². The molecule has 1 heterocycles. The van der Waals surface area contributed by atoms with Gasteiger partial charge in [0.25, 0.3) is 0 Å². The van der Waals surface area contributed by atoms with Crippen molar-refractivity contribution in [1.82, 2.24) is 5.32 Å². The number of benzene rings is 2. The SMILES string of the molecule is CNCc1ccc(CO)cc1.O=Cc1cc(-c2ccc(C(F)(F)F)cc2)cs1. The smallest absolute Gasteiger partial charge is 0.392 e. The minimum absolute atomic E-state index is 0.125. The molecule has 28 heavy (non-hydrogen) atoms. The van der Waals surface area contributed by atoms with E-state index in [1.165, 1.54) is 29.0 Å². The Bertz CT molecular complexity index is 872. The first kappa shape index (κ1) is 21.8. The molecule has 1 aromatic heterocycles. The van der Waals surface area contributed by atoms with Gasteiger partial charge in [-0.1, -0.05) is 36.4 Å². The standard InChI is InChI=1S/C12H7F3OS.C9H13NO/c13-12(14,15)10-3-1-8(2-4-10)9-5-11(6-16)17-7-9;1-10-6-8-2-4-9(7-11)5-3-8/h1-7H;2-5,10-11H,6-7H2,1H3. The van der Waals surface area contributed by atoms with Gasteiger partial charge in [0, 0.05) is 6.54 Å². The molecule has 7 heteroatoms. The molecule has 2 aromatic carbocycles. The number of hydrogen-bond acceptors (Lipinski definition) is 4. The zero-order valence-corrected chi connectivity index (χ0v) is 16.0. The second-order valence-electron chi connectivity index (χ2n) is 5.94. The fourth-order valence-corrected chi connectivity index (χ4v) is 3.10. The van der Waals surface area contributed by atoms with Crippen molar-refractivity contribution in [3.63, 3.8) is 0 Å². The van der Waals surface area contributed by atoms with Gasteiger partial charge in [-0.25, -0.2) is 0 Å². The molecule has 0 radical (unpaired) electrons. The summed E-state index contributed by atoms with van der Waals surface area (Å²) in [5.74, 6) is 0. The molecule has 0 aliphatic carbocycles. The highest BCUT2D eigenvalue weighted by atomic mass is 32.1. The highest BCUT2D eigenvalue weighted by Gasteiger charge is 2.29. The van der Waals surface area contributed by atoms with Crippen molar-refractivity contribution in [2.24, 2.45) is 0 Å². The van der Waals surface area contributed by atoms with Crippen molar-refractivity contribution < 1.29 is 23.1 Å². The highest BCUT2D eigenvalue weighted by molar-refractivity contribution is 7.12. The minimum atomic E-state index is -4.32. The Labute approximate surface area is 165 Å². The van der Waals surface area contributed by atoms with Crippen LogP contribution in [0.3, 0.4) is 0 Å². The van der Waals surface area contributed by atoms with Gasteiger partial charge in [-0.2, -0.15) is 13.2 Å². The minimum Gasteiger partial charge on any atom is -0.392 e. The molecule has 0 atom stereocenters. The van der Waals surface area contributed by atoms with E-state index in [1.54, 1.807) is 11.4 Å². The molecule has 0 spiro atoms. The normalized spacial score (nSPS) is 10.9. The van der Waals surface area contributed by atoms with E-state index in [0.29, 0.717) is 10.4 Å². The van der Waals surface area contributed by atoms with Gasteiger partial charge in [0.1, 0.15) is 0 Å². The molecule has 0 aliphatic heterocycles. The van der Waals surface area contributed by atoms with E-state index >= 15 is 0 Å². The van der Waals surface area contributed by atoms with Crippen molar-refractivity contribution in [3.8, 4) is 11.1 Å². The molecule has 0 aliphatic rings. The van der Waals surface area contributed by atoms with E-state index in [-0.39, 0.29) is 6.61 Å². The summed E-state index contributed by atoms with van der Waals surface area (Å²) in [5, 5.41) is 13.5. The molecule has 3 aromatic rings. The van der Waals surface area contributed by atoms with E-state index in [9.17, 15) is 18.0 Å². The van der Waals surface area contributed by atoms with E-state index in [1.807, 2.05) is 31.3 Å². The lowest BCUT2D eigenvalue weighted by atomic mass is 10.1. The van der Waals surface area contributed by atoms with Gasteiger partial charge in [0.2, 0.25) is 0 Å². The van der Waals surface area contributed by atoms with Gasteiger partial charge < -0.3 is 10.4 Å². The third-order valence-corrected chi connectivity index (χ3v) is 4.73. The number of carbonyl (C=O) groups is 1. The number of alkyl halides is 3. The summed E-state index contributed by atoms with van der Waals surface area (Å²) in [6.45, 7) is 1.01. The van der Waals surface area contributed by atoms with Gasteiger partial charge in [-0.3, -0.25) is 4.79 Å². The summed E-state index contributed by atoms with van der Waals surface area (Å²) in [4.78, 5) is 11.1.